The molecule has 3 heterocycles. The fraction of sp³-hybridized carbons (Fsp3) is 0.320. The molecular formula is C25H22ClF3N4O3S. The van der Waals surface area contributed by atoms with Gasteiger partial charge in [0.2, 0.25) is 5.88 Å². The molecule has 37 heavy (non-hydrogen) atoms. The molecule has 2 N–H and O–H groups in total. The Morgan fingerprint density at radius 3 is 2.73 bits per heavy atom. The van der Waals surface area contributed by atoms with E-state index in [1.807, 2.05) is 4.90 Å². The Morgan fingerprint density at radius 2 is 2.00 bits per heavy atom. The van der Waals surface area contributed by atoms with Crippen molar-refractivity contribution in [1.82, 2.24) is 9.47 Å². The van der Waals surface area contributed by atoms with Gasteiger partial charge in [-0.2, -0.15) is 23.4 Å². The minimum Gasteiger partial charge on any atom is -0.493 e. The second kappa shape index (κ2) is 10.1. The number of likely N-dealkylation sites (tertiary alicyclic amines) is 1. The summed E-state index contributed by atoms with van der Waals surface area (Å²) >= 11 is 6.65. The lowest BCUT2D eigenvalue weighted by Gasteiger charge is -2.16. The summed E-state index contributed by atoms with van der Waals surface area (Å²) in [6, 6.07) is 8.68. The predicted molar refractivity (Wildman–Crippen MR) is 135 cm³/mol. The highest BCUT2D eigenvalue weighted by Crippen LogP contribution is 2.37. The highest BCUT2D eigenvalue weighted by atomic mass is 35.5. The summed E-state index contributed by atoms with van der Waals surface area (Å²) in [5, 5.41) is 29.8. The molecular weight excluding hydrogens is 529 g/mol. The average Bonchev–Trinajstić information content (AvgIpc) is 3.55. The van der Waals surface area contributed by atoms with Crippen LogP contribution in [0.5, 0.6) is 5.88 Å². The highest BCUT2D eigenvalue weighted by Gasteiger charge is 2.34. The van der Waals surface area contributed by atoms with E-state index in [0.717, 1.165) is 17.4 Å². The molecule has 0 radical (unpaired) electrons. The van der Waals surface area contributed by atoms with E-state index in [0.29, 0.717) is 47.8 Å². The van der Waals surface area contributed by atoms with Crippen molar-refractivity contribution in [3.05, 3.63) is 83.2 Å². The molecule has 0 amide bonds. The molecule has 0 unspecified atom stereocenters. The maximum absolute atomic E-state index is 13.9. The van der Waals surface area contributed by atoms with Crippen LogP contribution in [0.1, 0.15) is 28.0 Å². The summed E-state index contributed by atoms with van der Waals surface area (Å²) in [6.07, 6.45) is -3.08. The number of nitrogens with zero attached hydrogens (tertiary/aromatic N) is 4. The third-order valence-electron chi connectivity index (χ3n) is 6.51. The lowest BCUT2D eigenvalue weighted by molar-refractivity contribution is -0.138. The number of β-amino-alcohol motifs (C(OH)–C–C–N with tert-alkyl or cyclic N) is 1. The van der Waals surface area contributed by atoms with E-state index < -0.39 is 22.7 Å². The number of fused-ring (bicyclic) bond motifs is 1. The number of aliphatic hydroxyl groups is 1. The van der Waals surface area contributed by atoms with E-state index in [4.69, 9.17) is 11.6 Å². The Labute approximate surface area is 218 Å². The molecule has 1 atom stereocenters. The van der Waals surface area contributed by atoms with Crippen LogP contribution >= 0.6 is 22.9 Å². The van der Waals surface area contributed by atoms with Crippen molar-refractivity contribution in [2.45, 2.75) is 31.7 Å². The van der Waals surface area contributed by atoms with Gasteiger partial charge in [-0.1, -0.05) is 35.1 Å². The van der Waals surface area contributed by atoms with E-state index in [1.165, 1.54) is 22.9 Å². The molecule has 0 spiro atoms. The maximum atomic E-state index is 13.9. The largest absolute Gasteiger partial charge is 0.493 e. The van der Waals surface area contributed by atoms with E-state index in [9.17, 15) is 28.2 Å². The first-order valence-electron chi connectivity index (χ1n) is 11.5. The number of aromatic hydroxyl groups is 1. The molecule has 194 valence electrons. The van der Waals surface area contributed by atoms with Crippen molar-refractivity contribution in [2.24, 2.45) is 10.2 Å². The minimum atomic E-state index is -4.64. The second-order valence-corrected chi connectivity index (χ2v) is 10.4. The predicted octanol–water partition coefficient (Wildman–Crippen LogP) is 2.76. The van der Waals surface area contributed by atoms with E-state index in [1.54, 1.807) is 18.2 Å². The molecule has 12 heteroatoms. The lowest BCUT2D eigenvalue weighted by atomic mass is 9.96. The molecule has 1 aromatic heterocycles. The second-order valence-electron chi connectivity index (χ2n) is 8.99. The van der Waals surface area contributed by atoms with E-state index in [2.05, 4.69) is 10.2 Å². The number of hydrogen-bond donors (Lipinski definition) is 2. The Balaban J connectivity index is 1.61. The van der Waals surface area contributed by atoms with Crippen molar-refractivity contribution >= 4 is 34.7 Å². The standard InChI is InChI=1S/C25H22ClF3N4O3S/c26-17-3-1-15(20(11-17)25(27,28)29)10-19(14-2-4-21-16(9-14)12-30-31-21)22-23(35)33(24(36)37-22)8-7-32-6-5-18(34)13-32/h1-4,9,11-12,18,34-35H,5-8,10,13H2/t18-/m0/s1. The van der Waals surface area contributed by atoms with Gasteiger partial charge < -0.3 is 10.2 Å². The SMILES string of the molecule is O=c1sc(C(Cc2ccc(Cl)cc2C(F)(F)F)=c2ccc3c(c2)C=NN=3)c(O)n1CCN1CC[C@H](O)C1. The van der Waals surface area contributed by atoms with Gasteiger partial charge in [-0.15, -0.1) is 0 Å². The summed E-state index contributed by atoms with van der Waals surface area (Å²) in [6.45, 7) is 1.81. The number of rotatable bonds is 6. The van der Waals surface area contributed by atoms with Gasteiger partial charge in [0.1, 0.15) is 0 Å². The summed E-state index contributed by atoms with van der Waals surface area (Å²) in [5.41, 5.74) is 0.129. The number of thiazole rings is 1. The topological polar surface area (TPSA) is 90.4 Å². The van der Waals surface area contributed by atoms with Gasteiger partial charge in [0.25, 0.3) is 0 Å². The normalized spacial score (nSPS) is 18.2. The van der Waals surface area contributed by atoms with Crippen molar-refractivity contribution < 1.29 is 23.4 Å². The Hall–Kier alpha value is -2.99. The van der Waals surface area contributed by atoms with E-state index in [-0.39, 0.29) is 34.3 Å². The Bertz CT molecular complexity index is 1560. The van der Waals surface area contributed by atoms with Crippen LogP contribution in [0.15, 0.2) is 51.4 Å². The summed E-state index contributed by atoms with van der Waals surface area (Å²) in [7, 11) is 0. The van der Waals surface area contributed by atoms with Gasteiger partial charge >= 0.3 is 11.0 Å². The summed E-state index contributed by atoms with van der Waals surface area (Å²) < 4.78 is 42.8. The minimum absolute atomic E-state index is 0.0383. The van der Waals surface area contributed by atoms with Crippen LogP contribution < -0.4 is 15.4 Å². The van der Waals surface area contributed by atoms with Gasteiger partial charge in [-0.05, 0) is 47.0 Å². The number of halogens is 4. The van der Waals surface area contributed by atoms with Gasteiger partial charge in [-0.3, -0.25) is 14.3 Å². The van der Waals surface area contributed by atoms with Gasteiger partial charge in [0.15, 0.2) is 0 Å². The van der Waals surface area contributed by atoms with Gasteiger partial charge in [0.05, 0.1) is 28.1 Å². The smallest absolute Gasteiger partial charge is 0.416 e. The molecule has 3 aromatic rings. The Morgan fingerprint density at radius 1 is 1.19 bits per heavy atom. The number of benzene rings is 2. The van der Waals surface area contributed by atoms with Crippen molar-refractivity contribution in [2.75, 3.05) is 19.6 Å². The lowest BCUT2D eigenvalue weighted by Crippen LogP contribution is -2.28. The van der Waals surface area contributed by atoms with Crippen molar-refractivity contribution in [1.29, 1.82) is 0 Å². The number of hydrogen-bond acceptors (Lipinski definition) is 7. The molecule has 1 fully saturated rings. The third kappa shape index (κ3) is 5.35. The van der Waals surface area contributed by atoms with Crippen LogP contribution in [0, 0.1) is 0 Å². The molecule has 2 aliphatic heterocycles. The molecule has 2 aromatic carbocycles. The zero-order valence-electron chi connectivity index (χ0n) is 19.4. The van der Waals surface area contributed by atoms with Crippen LogP contribution in [0.2, 0.25) is 5.02 Å². The van der Waals surface area contributed by atoms with Gasteiger partial charge in [-0.25, -0.2) is 0 Å². The molecule has 0 saturated carbocycles. The first-order chi connectivity index (χ1) is 17.6. The molecule has 0 aliphatic carbocycles. The quantitative estimate of drug-likeness (QED) is 0.494. The maximum Gasteiger partial charge on any atom is 0.416 e. The van der Waals surface area contributed by atoms with Crippen molar-refractivity contribution in [3.8, 4) is 5.88 Å². The molecule has 1 saturated heterocycles. The zero-order chi connectivity index (χ0) is 26.3. The van der Waals surface area contributed by atoms with Crippen LogP contribution in [0.25, 0.3) is 5.57 Å². The zero-order valence-corrected chi connectivity index (χ0v) is 20.9. The fourth-order valence-corrected chi connectivity index (χ4v) is 5.76. The molecule has 7 nitrogen and oxygen atoms in total. The number of aliphatic hydroxyl groups excluding tert-OH is 1. The highest BCUT2D eigenvalue weighted by molar-refractivity contribution is 7.10. The Kier molecular flexibility index (Phi) is 6.97. The number of alkyl halides is 3. The molecule has 0 bridgehead atoms. The molecule has 2 aliphatic rings. The number of aromatic nitrogens is 1. The van der Waals surface area contributed by atoms with Crippen LogP contribution in [0.4, 0.5) is 13.2 Å². The first kappa shape index (κ1) is 25.7. The van der Waals surface area contributed by atoms with Gasteiger partial charge in [0, 0.05) is 43.2 Å². The fourth-order valence-electron chi connectivity index (χ4n) is 4.61. The van der Waals surface area contributed by atoms with Crippen molar-refractivity contribution in [3.63, 3.8) is 0 Å². The van der Waals surface area contributed by atoms with Crippen LogP contribution in [-0.4, -0.2) is 51.6 Å². The van der Waals surface area contributed by atoms with Crippen LogP contribution in [-0.2, 0) is 19.1 Å². The summed E-state index contributed by atoms with van der Waals surface area (Å²) in [4.78, 5) is 14.6. The monoisotopic (exact) mass is 550 g/mol. The summed E-state index contributed by atoms with van der Waals surface area (Å²) in [5.74, 6) is -0.300. The molecule has 5 rings (SSSR count). The third-order valence-corrected chi connectivity index (χ3v) is 7.78. The van der Waals surface area contributed by atoms with Crippen LogP contribution in [0.3, 0.4) is 0 Å². The first-order valence-corrected chi connectivity index (χ1v) is 12.7. The van der Waals surface area contributed by atoms with E-state index >= 15 is 0 Å². The average molecular weight is 551 g/mol.